The summed E-state index contributed by atoms with van der Waals surface area (Å²) >= 11 is 0. The minimum absolute atomic E-state index is 0.187. The number of rotatable bonds is 8. The highest BCUT2D eigenvalue weighted by molar-refractivity contribution is 7.48. The lowest BCUT2D eigenvalue weighted by molar-refractivity contribution is -0.137. The first-order valence-electron chi connectivity index (χ1n) is 6.42. The number of phosphoric ester groups is 1. The van der Waals surface area contributed by atoms with Gasteiger partial charge in [-0.25, -0.2) is 9.36 Å². The molecule has 0 bridgehead atoms. The largest absolute Gasteiger partial charge is 0.529 e. The Morgan fingerprint density at radius 2 is 1.91 bits per heavy atom. The van der Waals surface area contributed by atoms with Gasteiger partial charge in [-0.15, -0.1) is 0 Å². The Morgan fingerprint density at radius 3 is 2.45 bits per heavy atom. The molecular weight excluding hydrogens is 311 g/mol. The third kappa shape index (κ3) is 5.18. The van der Waals surface area contributed by atoms with Crippen molar-refractivity contribution in [2.45, 2.75) is 6.92 Å². The van der Waals surface area contributed by atoms with Gasteiger partial charge in [0.1, 0.15) is 11.5 Å². The SMILES string of the molecule is CCOC(=O)/C=C/c1ccc(OC)cc1OP(=O)(OC)OC. The fourth-order valence-electron chi connectivity index (χ4n) is 1.48. The number of carbonyl (C=O) groups is 1. The lowest BCUT2D eigenvalue weighted by atomic mass is 10.2. The molecule has 0 aromatic heterocycles. The molecule has 0 unspecified atom stereocenters. The number of phosphoric acid groups is 1. The number of esters is 1. The fourth-order valence-corrected chi connectivity index (χ4v) is 2.17. The van der Waals surface area contributed by atoms with E-state index in [0.29, 0.717) is 11.3 Å². The molecule has 0 radical (unpaired) electrons. The number of ether oxygens (including phenoxy) is 2. The monoisotopic (exact) mass is 330 g/mol. The molecule has 0 saturated carbocycles. The van der Waals surface area contributed by atoms with Gasteiger partial charge in [0, 0.05) is 31.9 Å². The Bertz CT molecular complexity index is 575. The van der Waals surface area contributed by atoms with E-state index in [1.807, 2.05) is 0 Å². The lowest BCUT2D eigenvalue weighted by Crippen LogP contribution is -2.00. The molecular formula is C14H19O7P. The van der Waals surface area contributed by atoms with E-state index in [4.69, 9.17) is 23.0 Å². The highest BCUT2D eigenvalue weighted by Gasteiger charge is 2.26. The second-order valence-corrected chi connectivity index (χ2v) is 5.70. The van der Waals surface area contributed by atoms with Crippen LogP contribution in [0.2, 0.25) is 0 Å². The summed E-state index contributed by atoms with van der Waals surface area (Å²) in [6.07, 6.45) is 2.71. The predicted molar refractivity (Wildman–Crippen MR) is 80.9 cm³/mol. The van der Waals surface area contributed by atoms with Gasteiger partial charge in [-0.2, -0.15) is 0 Å². The van der Waals surface area contributed by atoms with Crippen molar-refractivity contribution in [3.05, 3.63) is 29.8 Å². The normalized spacial score (nSPS) is 11.5. The lowest BCUT2D eigenvalue weighted by Gasteiger charge is -2.16. The molecule has 0 heterocycles. The third-order valence-corrected chi connectivity index (χ3v) is 3.88. The molecule has 0 aliphatic carbocycles. The molecule has 122 valence electrons. The summed E-state index contributed by atoms with van der Waals surface area (Å²) in [5.74, 6) is 0.180. The van der Waals surface area contributed by atoms with E-state index < -0.39 is 13.8 Å². The van der Waals surface area contributed by atoms with Gasteiger partial charge in [-0.05, 0) is 25.1 Å². The van der Waals surface area contributed by atoms with Crippen LogP contribution in [0.1, 0.15) is 12.5 Å². The van der Waals surface area contributed by atoms with Gasteiger partial charge < -0.3 is 14.0 Å². The Hall–Kier alpha value is -1.82. The van der Waals surface area contributed by atoms with Gasteiger partial charge >= 0.3 is 13.8 Å². The van der Waals surface area contributed by atoms with Gasteiger partial charge in [0.15, 0.2) is 0 Å². The molecule has 0 aliphatic rings. The number of hydrogen-bond donors (Lipinski definition) is 0. The van der Waals surface area contributed by atoms with Gasteiger partial charge in [0.25, 0.3) is 0 Å². The van der Waals surface area contributed by atoms with E-state index >= 15 is 0 Å². The van der Waals surface area contributed by atoms with Crippen LogP contribution in [0.25, 0.3) is 6.08 Å². The van der Waals surface area contributed by atoms with Crippen molar-refractivity contribution in [1.82, 2.24) is 0 Å². The van der Waals surface area contributed by atoms with Crippen molar-refractivity contribution in [2.24, 2.45) is 0 Å². The van der Waals surface area contributed by atoms with E-state index in [2.05, 4.69) is 0 Å². The molecule has 0 aliphatic heterocycles. The molecule has 0 amide bonds. The molecule has 1 aromatic rings. The molecule has 1 aromatic carbocycles. The van der Waals surface area contributed by atoms with E-state index in [1.165, 1.54) is 39.5 Å². The Morgan fingerprint density at radius 1 is 1.23 bits per heavy atom. The van der Waals surface area contributed by atoms with Gasteiger partial charge in [-0.3, -0.25) is 9.05 Å². The van der Waals surface area contributed by atoms with Crippen LogP contribution < -0.4 is 9.26 Å². The van der Waals surface area contributed by atoms with Crippen LogP contribution >= 0.6 is 7.82 Å². The summed E-state index contributed by atoms with van der Waals surface area (Å²) in [5, 5.41) is 0. The first-order chi connectivity index (χ1) is 10.5. The molecule has 22 heavy (non-hydrogen) atoms. The summed E-state index contributed by atoms with van der Waals surface area (Å²) in [4.78, 5) is 11.4. The van der Waals surface area contributed by atoms with Crippen LogP contribution in [-0.2, 0) is 23.1 Å². The number of methoxy groups -OCH3 is 1. The number of hydrogen-bond acceptors (Lipinski definition) is 7. The van der Waals surface area contributed by atoms with Crippen LogP contribution in [0.3, 0.4) is 0 Å². The Labute approximate surface area is 129 Å². The first-order valence-corrected chi connectivity index (χ1v) is 7.88. The average Bonchev–Trinajstić information content (AvgIpc) is 2.53. The van der Waals surface area contributed by atoms with Crippen molar-refractivity contribution in [2.75, 3.05) is 27.9 Å². The second kappa shape index (κ2) is 8.58. The Kier molecular flexibility index (Phi) is 7.11. The maximum atomic E-state index is 12.1. The number of carbonyl (C=O) groups excluding carboxylic acids is 1. The van der Waals surface area contributed by atoms with Crippen molar-refractivity contribution in [3.63, 3.8) is 0 Å². The fraction of sp³-hybridized carbons (Fsp3) is 0.357. The van der Waals surface area contributed by atoms with Crippen LogP contribution in [0.5, 0.6) is 11.5 Å². The van der Waals surface area contributed by atoms with Crippen molar-refractivity contribution >= 4 is 19.9 Å². The zero-order valence-electron chi connectivity index (χ0n) is 12.9. The van der Waals surface area contributed by atoms with Crippen LogP contribution in [-0.4, -0.2) is 33.9 Å². The molecule has 0 atom stereocenters. The van der Waals surface area contributed by atoms with Crippen LogP contribution in [0.15, 0.2) is 24.3 Å². The van der Waals surface area contributed by atoms with E-state index in [0.717, 1.165) is 0 Å². The minimum atomic E-state index is -3.73. The maximum Gasteiger partial charge on any atom is 0.529 e. The van der Waals surface area contributed by atoms with Gasteiger partial charge in [0.05, 0.1) is 13.7 Å². The summed E-state index contributed by atoms with van der Waals surface area (Å²) in [6, 6.07) is 4.82. The average molecular weight is 330 g/mol. The van der Waals surface area contributed by atoms with Crippen molar-refractivity contribution < 1.29 is 32.4 Å². The summed E-state index contributed by atoms with van der Waals surface area (Å²) in [6.45, 7) is 1.98. The predicted octanol–water partition coefficient (Wildman–Crippen LogP) is 3.05. The first kappa shape index (κ1) is 18.2. The third-order valence-electron chi connectivity index (χ3n) is 2.56. The van der Waals surface area contributed by atoms with Gasteiger partial charge in [-0.1, -0.05) is 0 Å². The van der Waals surface area contributed by atoms with Crippen molar-refractivity contribution in [1.29, 1.82) is 0 Å². The maximum absolute atomic E-state index is 12.1. The topological polar surface area (TPSA) is 80.3 Å². The van der Waals surface area contributed by atoms with Gasteiger partial charge in [0.2, 0.25) is 0 Å². The van der Waals surface area contributed by atoms with Crippen LogP contribution in [0, 0.1) is 0 Å². The zero-order valence-corrected chi connectivity index (χ0v) is 13.8. The van der Waals surface area contributed by atoms with Crippen LogP contribution in [0.4, 0.5) is 0 Å². The van der Waals surface area contributed by atoms with E-state index in [-0.39, 0.29) is 12.4 Å². The molecule has 0 saturated heterocycles. The smallest absolute Gasteiger partial charge is 0.497 e. The minimum Gasteiger partial charge on any atom is -0.497 e. The molecule has 0 fully saturated rings. The summed E-state index contributed by atoms with van der Waals surface area (Å²) in [5.41, 5.74) is 0.489. The second-order valence-electron chi connectivity index (χ2n) is 3.89. The zero-order chi connectivity index (χ0) is 16.6. The summed E-state index contributed by atoms with van der Waals surface area (Å²) < 4.78 is 36.7. The molecule has 0 spiro atoms. The molecule has 8 heteroatoms. The highest BCUT2D eigenvalue weighted by atomic mass is 31.2. The standard InChI is InChI=1S/C14H19O7P/c1-5-20-14(15)9-7-11-6-8-12(17-2)10-13(11)21-22(16,18-3)19-4/h6-10H,5H2,1-4H3/b9-7+. The Balaban J connectivity index is 3.11. The molecule has 7 nitrogen and oxygen atoms in total. The van der Waals surface area contributed by atoms with E-state index in [9.17, 15) is 9.36 Å². The quantitative estimate of drug-likeness (QED) is 0.412. The number of benzene rings is 1. The van der Waals surface area contributed by atoms with E-state index in [1.54, 1.807) is 19.1 Å². The molecule has 1 rings (SSSR count). The molecule has 0 N–H and O–H groups in total. The summed E-state index contributed by atoms with van der Waals surface area (Å²) in [7, 11) is 0.173. The highest BCUT2D eigenvalue weighted by Crippen LogP contribution is 2.49. The van der Waals surface area contributed by atoms with Crippen molar-refractivity contribution in [3.8, 4) is 11.5 Å².